The zero-order valence-corrected chi connectivity index (χ0v) is 13.3. The number of halogens is 1. The normalized spacial score (nSPS) is 20.9. The number of H-pyrrole nitrogens is 1. The van der Waals surface area contributed by atoms with E-state index in [1.54, 1.807) is 17.2 Å². The highest BCUT2D eigenvalue weighted by Gasteiger charge is 2.35. The molecule has 1 aliphatic heterocycles. The second-order valence-electron chi connectivity index (χ2n) is 6.64. The maximum absolute atomic E-state index is 13.2. The predicted molar refractivity (Wildman–Crippen MR) is 84.6 cm³/mol. The Morgan fingerprint density at radius 3 is 3.04 bits per heavy atom. The van der Waals surface area contributed by atoms with Crippen molar-refractivity contribution in [3.8, 4) is 0 Å². The van der Waals surface area contributed by atoms with Gasteiger partial charge in [0, 0.05) is 30.2 Å². The van der Waals surface area contributed by atoms with E-state index in [1.807, 2.05) is 13.8 Å². The number of aromatic amines is 1. The van der Waals surface area contributed by atoms with Gasteiger partial charge in [0.25, 0.3) is 0 Å². The summed E-state index contributed by atoms with van der Waals surface area (Å²) in [5, 5.41) is 10.2. The Hall–Kier alpha value is -1.92. The fraction of sp³-hybridized carbons (Fsp3) is 0.471. The van der Waals surface area contributed by atoms with Crippen LogP contribution in [0.1, 0.15) is 19.4 Å². The van der Waals surface area contributed by atoms with Gasteiger partial charge in [-0.15, -0.1) is 0 Å². The van der Waals surface area contributed by atoms with Gasteiger partial charge >= 0.3 is 0 Å². The zero-order valence-electron chi connectivity index (χ0n) is 13.3. The van der Waals surface area contributed by atoms with E-state index in [0.717, 1.165) is 10.9 Å². The lowest BCUT2D eigenvalue weighted by Gasteiger charge is -2.42. The number of fused-ring (bicyclic) bond motifs is 1. The molecular weight excluding hydrogens is 299 g/mol. The number of rotatable bonds is 3. The van der Waals surface area contributed by atoms with Crippen LogP contribution in [0.3, 0.4) is 0 Å². The number of amides is 1. The first-order valence-electron chi connectivity index (χ1n) is 7.70. The molecule has 124 valence electrons. The number of hydrogen-bond acceptors (Lipinski definition) is 3. The van der Waals surface area contributed by atoms with Gasteiger partial charge in [0.1, 0.15) is 5.82 Å². The number of morpholine rings is 1. The number of aromatic nitrogens is 1. The minimum absolute atomic E-state index is 0.0231. The van der Waals surface area contributed by atoms with Crippen LogP contribution in [-0.4, -0.2) is 52.3 Å². The number of nitrogens with zero attached hydrogens (tertiary/aromatic N) is 1. The molecule has 0 spiro atoms. The number of benzene rings is 1. The number of carbonyl (C=O) groups is 1. The van der Waals surface area contributed by atoms with Crippen molar-refractivity contribution in [2.45, 2.75) is 32.0 Å². The minimum Gasteiger partial charge on any atom is -0.394 e. The predicted octanol–water partition coefficient (Wildman–Crippen LogP) is 1.85. The molecule has 0 saturated carbocycles. The van der Waals surface area contributed by atoms with E-state index >= 15 is 0 Å². The first-order valence-corrected chi connectivity index (χ1v) is 7.70. The van der Waals surface area contributed by atoms with Crippen molar-refractivity contribution in [3.63, 3.8) is 0 Å². The lowest BCUT2D eigenvalue weighted by Crippen LogP contribution is -2.55. The Morgan fingerprint density at radius 1 is 1.52 bits per heavy atom. The highest BCUT2D eigenvalue weighted by molar-refractivity contribution is 5.89. The van der Waals surface area contributed by atoms with Crippen LogP contribution in [0.2, 0.25) is 0 Å². The Kier molecular flexibility index (Phi) is 4.12. The number of ether oxygens (including phenoxy) is 1. The van der Waals surface area contributed by atoms with Gasteiger partial charge in [-0.2, -0.15) is 0 Å². The van der Waals surface area contributed by atoms with Crippen LogP contribution in [0.15, 0.2) is 24.4 Å². The second-order valence-corrected chi connectivity index (χ2v) is 6.64. The third-order valence-electron chi connectivity index (χ3n) is 4.11. The molecule has 0 radical (unpaired) electrons. The highest BCUT2D eigenvalue weighted by Crippen LogP contribution is 2.24. The molecule has 1 aromatic heterocycles. The van der Waals surface area contributed by atoms with E-state index in [2.05, 4.69) is 4.98 Å². The Morgan fingerprint density at radius 2 is 2.30 bits per heavy atom. The van der Waals surface area contributed by atoms with Gasteiger partial charge in [0.2, 0.25) is 5.91 Å². The number of aliphatic hydroxyl groups is 1. The molecule has 2 aromatic rings. The van der Waals surface area contributed by atoms with E-state index < -0.39 is 5.60 Å². The summed E-state index contributed by atoms with van der Waals surface area (Å²) in [5.41, 5.74) is 1.04. The lowest BCUT2D eigenvalue weighted by atomic mass is 10.0. The summed E-state index contributed by atoms with van der Waals surface area (Å²) in [6.07, 6.45) is 1.62. The van der Waals surface area contributed by atoms with Gasteiger partial charge in [-0.25, -0.2) is 4.39 Å². The van der Waals surface area contributed by atoms with Crippen LogP contribution < -0.4 is 0 Å². The number of nitrogens with one attached hydrogen (secondary N) is 1. The van der Waals surface area contributed by atoms with E-state index in [-0.39, 0.29) is 30.9 Å². The van der Waals surface area contributed by atoms with Gasteiger partial charge in [-0.3, -0.25) is 4.79 Å². The Labute approximate surface area is 134 Å². The highest BCUT2D eigenvalue weighted by atomic mass is 19.1. The molecule has 5 nitrogen and oxygen atoms in total. The molecule has 23 heavy (non-hydrogen) atoms. The van der Waals surface area contributed by atoms with E-state index in [1.165, 1.54) is 12.1 Å². The van der Waals surface area contributed by atoms with Crippen molar-refractivity contribution >= 4 is 16.8 Å². The van der Waals surface area contributed by atoms with Crippen molar-refractivity contribution < 1.29 is 19.0 Å². The summed E-state index contributed by atoms with van der Waals surface area (Å²) in [5.74, 6) is -0.331. The topological polar surface area (TPSA) is 65.6 Å². The summed E-state index contributed by atoms with van der Waals surface area (Å²) in [7, 11) is 0. The maximum Gasteiger partial charge on any atom is 0.227 e. The molecular formula is C17H21FN2O3. The van der Waals surface area contributed by atoms with Crippen LogP contribution in [0.5, 0.6) is 0 Å². The van der Waals surface area contributed by atoms with E-state index in [0.29, 0.717) is 18.6 Å². The largest absolute Gasteiger partial charge is 0.394 e. The van der Waals surface area contributed by atoms with Crippen molar-refractivity contribution in [2.75, 3.05) is 19.7 Å². The standard InChI is InChI=1S/C17H21FN2O3/c1-17(2)10-20(8-13(9-21)23-17)16(22)5-11-7-19-15-6-12(18)3-4-14(11)15/h3-4,6-7,13,19,21H,5,8-10H2,1-2H3. The number of carbonyl (C=O) groups excluding carboxylic acids is 1. The minimum atomic E-state index is -0.481. The van der Waals surface area contributed by atoms with E-state index in [9.17, 15) is 14.3 Å². The van der Waals surface area contributed by atoms with Gasteiger partial charge in [0.05, 0.1) is 24.7 Å². The van der Waals surface area contributed by atoms with Crippen LogP contribution >= 0.6 is 0 Å². The summed E-state index contributed by atoms with van der Waals surface area (Å²) in [6, 6.07) is 4.50. The maximum atomic E-state index is 13.2. The fourth-order valence-electron chi connectivity index (χ4n) is 3.16. The third kappa shape index (κ3) is 3.38. The second kappa shape index (κ2) is 5.94. The monoisotopic (exact) mass is 320 g/mol. The van der Waals surface area contributed by atoms with Crippen LogP contribution in [0.25, 0.3) is 10.9 Å². The average Bonchev–Trinajstić information content (AvgIpc) is 2.87. The molecule has 0 bridgehead atoms. The number of aliphatic hydroxyl groups excluding tert-OH is 1. The molecule has 1 amide bonds. The van der Waals surface area contributed by atoms with Gasteiger partial charge in [-0.05, 0) is 37.6 Å². The molecule has 1 aliphatic rings. The zero-order chi connectivity index (χ0) is 16.6. The molecule has 1 fully saturated rings. The van der Waals surface area contributed by atoms with Gasteiger partial charge in [0.15, 0.2) is 0 Å². The molecule has 6 heteroatoms. The van der Waals surface area contributed by atoms with Crippen LogP contribution in [0.4, 0.5) is 4.39 Å². The molecule has 2 N–H and O–H groups in total. The van der Waals surface area contributed by atoms with Crippen LogP contribution in [-0.2, 0) is 16.0 Å². The number of hydrogen-bond donors (Lipinski definition) is 2. The first kappa shape index (κ1) is 16.0. The van der Waals surface area contributed by atoms with Crippen molar-refractivity contribution in [2.24, 2.45) is 0 Å². The summed E-state index contributed by atoms with van der Waals surface area (Å²) in [4.78, 5) is 17.4. The van der Waals surface area contributed by atoms with E-state index in [4.69, 9.17) is 4.74 Å². The van der Waals surface area contributed by atoms with Gasteiger partial charge in [-0.1, -0.05) is 0 Å². The SMILES string of the molecule is CC1(C)CN(C(=O)Cc2c[nH]c3cc(F)ccc23)CC(CO)O1. The Bertz CT molecular complexity index is 726. The fourth-order valence-corrected chi connectivity index (χ4v) is 3.16. The summed E-state index contributed by atoms with van der Waals surface area (Å²) in [6.45, 7) is 4.57. The quantitative estimate of drug-likeness (QED) is 0.907. The van der Waals surface area contributed by atoms with Crippen molar-refractivity contribution in [1.29, 1.82) is 0 Å². The molecule has 1 aromatic carbocycles. The average molecular weight is 320 g/mol. The lowest BCUT2D eigenvalue weighted by molar-refractivity contribution is -0.166. The summed E-state index contributed by atoms with van der Waals surface area (Å²) >= 11 is 0. The molecule has 3 rings (SSSR count). The Balaban J connectivity index is 1.77. The van der Waals surface area contributed by atoms with Crippen LogP contribution in [0, 0.1) is 5.82 Å². The molecule has 1 saturated heterocycles. The summed E-state index contributed by atoms with van der Waals surface area (Å²) < 4.78 is 19.0. The third-order valence-corrected chi connectivity index (χ3v) is 4.11. The molecule has 1 unspecified atom stereocenters. The molecule has 0 aliphatic carbocycles. The smallest absolute Gasteiger partial charge is 0.227 e. The molecule has 1 atom stereocenters. The van der Waals surface area contributed by atoms with Crippen molar-refractivity contribution in [1.82, 2.24) is 9.88 Å². The molecule has 2 heterocycles. The first-order chi connectivity index (χ1) is 10.9. The van der Waals surface area contributed by atoms with Gasteiger partial charge < -0.3 is 19.7 Å². The van der Waals surface area contributed by atoms with Crippen molar-refractivity contribution in [3.05, 3.63) is 35.8 Å².